The van der Waals surface area contributed by atoms with E-state index in [9.17, 15) is 0 Å². The second-order valence-electron chi connectivity index (χ2n) is 2.92. The molecule has 0 atom stereocenters. The first-order valence-electron chi connectivity index (χ1n) is 2.74. The first-order chi connectivity index (χ1) is 3.56. The SMILES string of the molecule is C[N+](C)(C)CCC#N. The van der Waals surface area contributed by atoms with Gasteiger partial charge in [0, 0.05) is 0 Å². The molecule has 0 fully saturated rings. The second-order valence-corrected chi connectivity index (χ2v) is 2.92. The van der Waals surface area contributed by atoms with Crippen LogP contribution in [-0.2, 0) is 0 Å². The van der Waals surface area contributed by atoms with Gasteiger partial charge in [0.05, 0.1) is 40.2 Å². The van der Waals surface area contributed by atoms with Crippen LogP contribution >= 0.6 is 0 Å². The first kappa shape index (κ1) is 7.45. The minimum Gasteiger partial charge on any atom is -0.330 e. The quantitative estimate of drug-likeness (QED) is 0.481. The summed E-state index contributed by atoms with van der Waals surface area (Å²) in [4.78, 5) is 0. The van der Waals surface area contributed by atoms with Crippen LogP contribution in [0.1, 0.15) is 6.42 Å². The molecule has 0 aliphatic heterocycles. The summed E-state index contributed by atoms with van der Waals surface area (Å²) in [6.07, 6.45) is 0.656. The molecule has 0 bridgehead atoms. The number of hydrogen-bond donors (Lipinski definition) is 0. The van der Waals surface area contributed by atoms with Gasteiger partial charge in [-0.3, -0.25) is 0 Å². The van der Waals surface area contributed by atoms with Crippen molar-refractivity contribution in [1.29, 1.82) is 5.26 Å². The maximum absolute atomic E-state index is 8.17. The predicted molar refractivity (Wildman–Crippen MR) is 33.1 cm³/mol. The zero-order valence-electron chi connectivity index (χ0n) is 5.81. The van der Waals surface area contributed by atoms with Gasteiger partial charge in [-0.15, -0.1) is 0 Å². The number of nitrogens with zero attached hydrogens (tertiary/aromatic N) is 2. The molecule has 0 aliphatic rings. The Labute approximate surface area is 50.9 Å². The Bertz CT molecular complexity index is 94.1. The highest BCUT2D eigenvalue weighted by atomic mass is 15.3. The molecular weight excluding hydrogens is 100 g/mol. The van der Waals surface area contributed by atoms with Gasteiger partial charge in [-0.1, -0.05) is 0 Å². The Morgan fingerprint density at radius 1 is 1.38 bits per heavy atom. The molecule has 0 saturated heterocycles. The van der Waals surface area contributed by atoms with E-state index in [2.05, 4.69) is 27.2 Å². The molecule has 0 amide bonds. The lowest BCUT2D eigenvalue weighted by Crippen LogP contribution is -2.34. The summed E-state index contributed by atoms with van der Waals surface area (Å²) in [5, 5.41) is 8.17. The van der Waals surface area contributed by atoms with E-state index in [1.807, 2.05) is 0 Å². The van der Waals surface area contributed by atoms with Crippen molar-refractivity contribution in [3.8, 4) is 6.07 Å². The lowest BCUT2D eigenvalue weighted by atomic mass is 10.4. The van der Waals surface area contributed by atoms with Gasteiger partial charge in [0.15, 0.2) is 0 Å². The molecule has 0 N–H and O–H groups in total. The van der Waals surface area contributed by atoms with Crippen molar-refractivity contribution in [3.05, 3.63) is 0 Å². The van der Waals surface area contributed by atoms with E-state index in [4.69, 9.17) is 5.26 Å². The highest BCUT2D eigenvalue weighted by molar-refractivity contribution is 4.66. The Hall–Kier alpha value is -0.550. The second kappa shape index (κ2) is 2.68. The summed E-state index contributed by atoms with van der Waals surface area (Å²) < 4.78 is 0.883. The van der Waals surface area contributed by atoms with Crippen molar-refractivity contribution in [2.75, 3.05) is 27.7 Å². The van der Waals surface area contributed by atoms with Crippen LogP contribution in [0.3, 0.4) is 0 Å². The molecule has 0 unspecified atom stereocenters. The number of hydrogen-bond acceptors (Lipinski definition) is 1. The van der Waals surface area contributed by atoms with Gasteiger partial charge < -0.3 is 4.48 Å². The minimum absolute atomic E-state index is 0.656. The van der Waals surface area contributed by atoms with Gasteiger partial charge in [-0.25, -0.2) is 0 Å². The summed E-state index contributed by atoms with van der Waals surface area (Å²) in [6.45, 7) is 0.941. The van der Waals surface area contributed by atoms with Crippen LogP contribution in [0.15, 0.2) is 0 Å². The van der Waals surface area contributed by atoms with Crippen molar-refractivity contribution in [1.82, 2.24) is 0 Å². The van der Waals surface area contributed by atoms with Crippen LogP contribution in [0.5, 0.6) is 0 Å². The van der Waals surface area contributed by atoms with Crippen LogP contribution < -0.4 is 0 Å². The Morgan fingerprint density at radius 3 is 2.00 bits per heavy atom. The average Bonchev–Trinajstić information content (AvgIpc) is 1.59. The highest BCUT2D eigenvalue weighted by Gasteiger charge is 2.03. The lowest BCUT2D eigenvalue weighted by Gasteiger charge is -2.21. The monoisotopic (exact) mass is 113 g/mol. The standard InChI is InChI=1S/C6H13N2/c1-8(2,3)6-4-5-7/h4,6H2,1-3H3/q+1. The normalized spacial score (nSPS) is 10.8. The summed E-state index contributed by atoms with van der Waals surface area (Å²) >= 11 is 0. The molecule has 0 spiro atoms. The predicted octanol–water partition coefficient (Wildman–Crippen LogP) is 0.606. The summed E-state index contributed by atoms with van der Waals surface area (Å²) in [5.74, 6) is 0. The van der Waals surface area contributed by atoms with Gasteiger partial charge in [0.25, 0.3) is 0 Å². The molecule has 0 aromatic heterocycles. The maximum Gasteiger partial charge on any atom is 0.0912 e. The minimum atomic E-state index is 0.656. The van der Waals surface area contributed by atoms with Crippen LogP contribution in [0.2, 0.25) is 0 Å². The van der Waals surface area contributed by atoms with E-state index >= 15 is 0 Å². The third-order valence-electron chi connectivity index (χ3n) is 0.894. The van der Waals surface area contributed by atoms with Gasteiger partial charge in [0.1, 0.15) is 0 Å². The molecule has 8 heavy (non-hydrogen) atoms. The largest absolute Gasteiger partial charge is 0.330 e. The molecule has 0 heterocycles. The van der Waals surface area contributed by atoms with E-state index in [0.29, 0.717) is 6.42 Å². The molecular formula is C6H13N2+. The van der Waals surface area contributed by atoms with Gasteiger partial charge in [-0.2, -0.15) is 5.26 Å². The summed E-state index contributed by atoms with van der Waals surface area (Å²) in [6, 6.07) is 2.11. The third kappa shape index (κ3) is 5.45. The lowest BCUT2D eigenvalue weighted by molar-refractivity contribution is -0.869. The van der Waals surface area contributed by atoms with Crippen LogP contribution in [0, 0.1) is 11.3 Å². The Balaban J connectivity index is 3.28. The average molecular weight is 113 g/mol. The van der Waals surface area contributed by atoms with E-state index in [-0.39, 0.29) is 0 Å². The number of rotatable bonds is 2. The van der Waals surface area contributed by atoms with Gasteiger partial charge in [0.2, 0.25) is 0 Å². The maximum atomic E-state index is 8.17. The molecule has 0 aromatic rings. The third-order valence-corrected chi connectivity index (χ3v) is 0.894. The molecule has 2 nitrogen and oxygen atoms in total. The first-order valence-corrected chi connectivity index (χ1v) is 2.74. The van der Waals surface area contributed by atoms with Crippen LogP contribution in [0.25, 0.3) is 0 Å². The smallest absolute Gasteiger partial charge is 0.0912 e. The summed E-state index contributed by atoms with van der Waals surface area (Å²) in [7, 11) is 6.24. The van der Waals surface area contributed by atoms with Crippen LogP contribution in [0.4, 0.5) is 0 Å². The van der Waals surface area contributed by atoms with Crippen molar-refractivity contribution in [3.63, 3.8) is 0 Å². The molecule has 46 valence electrons. The van der Waals surface area contributed by atoms with Gasteiger partial charge >= 0.3 is 0 Å². The van der Waals surface area contributed by atoms with Crippen molar-refractivity contribution in [2.24, 2.45) is 0 Å². The van der Waals surface area contributed by atoms with Crippen LogP contribution in [-0.4, -0.2) is 32.2 Å². The number of quaternary nitrogens is 1. The van der Waals surface area contributed by atoms with E-state index in [0.717, 1.165) is 11.0 Å². The van der Waals surface area contributed by atoms with Crippen molar-refractivity contribution >= 4 is 0 Å². The van der Waals surface area contributed by atoms with Crippen molar-refractivity contribution < 1.29 is 4.48 Å². The van der Waals surface area contributed by atoms with E-state index in [1.165, 1.54) is 0 Å². The molecule has 0 saturated carbocycles. The van der Waals surface area contributed by atoms with Crippen molar-refractivity contribution in [2.45, 2.75) is 6.42 Å². The molecule has 0 radical (unpaired) electrons. The Morgan fingerprint density at radius 2 is 1.88 bits per heavy atom. The van der Waals surface area contributed by atoms with E-state index in [1.54, 1.807) is 0 Å². The molecule has 0 aliphatic carbocycles. The summed E-state index contributed by atoms with van der Waals surface area (Å²) in [5.41, 5.74) is 0. The fourth-order valence-corrected chi connectivity index (χ4v) is 0.385. The molecule has 0 aromatic carbocycles. The van der Waals surface area contributed by atoms with Gasteiger partial charge in [-0.05, 0) is 0 Å². The highest BCUT2D eigenvalue weighted by Crippen LogP contribution is 1.90. The fourth-order valence-electron chi connectivity index (χ4n) is 0.385. The topological polar surface area (TPSA) is 23.8 Å². The fraction of sp³-hybridized carbons (Fsp3) is 0.833. The zero-order chi connectivity index (χ0) is 6.62. The molecule has 2 heteroatoms. The Kier molecular flexibility index (Phi) is 2.50. The number of nitriles is 1. The molecule has 0 rings (SSSR count). The zero-order valence-corrected chi connectivity index (χ0v) is 5.81. The van der Waals surface area contributed by atoms with E-state index < -0.39 is 0 Å².